The van der Waals surface area contributed by atoms with Gasteiger partial charge < -0.3 is 5.32 Å². The van der Waals surface area contributed by atoms with Crippen molar-refractivity contribution in [3.05, 3.63) is 42.2 Å². The van der Waals surface area contributed by atoms with Crippen LogP contribution in [0.4, 0.5) is 0 Å². The highest BCUT2D eigenvalue weighted by Crippen LogP contribution is 2.25. The number of thioether (sulfide) groups is 1. The van der Waals surface area contributed by atoms with Crippen LogP contribution in [0.3, 0.4) is 0 Å². The first kappa shape index (κ1) is 17.2. The molecule has 1 aromatic carbocycles. The average Bonchev–Trinajstić information content (AvgIpc) is 3.00. The normalized spacial score (nSPS) is 12.0. The van der Waals surface area contributed by atoms with Crippen LogP contribution in [0.15, 0.2) is 41.8 Å². The quantitative estimate of drug-likeness (QED) is 0.654. The topological polar surface area (TPSA) is 46.9 Å². The third kappa shape index (κ3) is 4.40. The summed E-state index contributed by atoms with van der Waals surface area (Å²) >= 11 is 1.41. The lowest BCUT2D eigenvalue weighted by Crippen LogP contribution is -2.31. The first-order valence-electron chi connectivity index (χ1n) is 7.54. The van der Waals surface area contributed by atoms with Gasteiger partial charge in [0.05, 0.1) is 11.8 Å². The maximum atomic E-state index is 11.9. The molecule has 1 N–H and O–H groups in total. The lowest BCUT2D eigenvalue weighted by atomic mass is 10.0. The van der Waals surface area contributed by atoms with Crippen LogP contribution in [0, 0.1) is 12.3 Å². The SMILES string of the molecule is C#CCNC(=O)C(C)Sc1nccn1-c1ccc(C(C)C)cc1. The number of aromatic nitrogens is 2. The molecule has 2 aromatic rings. The first-order valence-corrected chi connectivity index (χ1v) is 8.42. The van der Waals surface area contributed by atoms with Gasteiger partial charge in [-0.05, 0) is 30.5 Å². The molecule has 0 bridgehead atoms. The maximum Gasteiger partial charge on any atom is 0.234 e. The molecule has 1 atom stereocenters. The van der Waals surface area contributed by atoms with Gasteiger partial charge in [-0.2, -0.15) is 0 Å². The van der Waals surface area contributed by atoms with Crippen molar-refractivity contribution in [1.82, 2.24) is 14.9 Å². The summed E-state index contributed by atoms with van der Waals surface area (Å²) in [7, 11) is 0. The van der Waals surface area contributed by atoms with Gasteiger partial charge in [-0.15, -0.1) is 6.42 Å². The molecule has 1 amide bonds. The van der Waals surface area contributed by atoms with Crippen molar-refractivity contribution < 1.29 is 4.79 Å². The molecule has 5 heteroatoms. The Labute approximate surface area is 141 Å². The second kappa shape index (κ2) is 7.89. The predicted octanol–water partition coefficient (Wildman–Crippen LogP) is 3.23. The predicted molar refractivity (Wildman–Crippen MR) is 94.8 cm³/mol. The highest BCUT2D eigenvalue weighted by atomic mass is 32.2. The van der Waals surface area contributed by atoms with E-state index in [0.717, 1.165) is 10.8 Å². The van der Waals surface area contributed by atoms with Crippen molar-refractivity contribution in [2.24, 2.45) is 0 Å². The second-order valence-electron chi connectivity index (χ2n) is 5.51. The molecular formula is C18H21N3OS. The summed E-state index contributed by atoms with van der Waals surface area (Å²) in [6.45, 7) is 6.43. The molecule has 0 aliphatic rings. The number of carbonyl (C=O) groups is 1. The summed E-state index contributed by atoms with van der Waals surface area (Å²) in [5.74, 6) is 2.82. The Morgan fingerprint density at radius 1 is 1.35 bits per heavy atom. The van der Waals surface area contributed by atoms with Crippen molar-refractivity contribution in [3.8, 4) is 18.0 Å². The summed E-state index contributed by atoms with van der Waals surface area (Å²) in [6, 6.07) is 8.39. The van der Waals surface area contributed by atoms with Gasteiger partial charge in [-0.1, -0.05) is 43.7 Å². The van der Waals surface area contributed by atoms with E-state index < -0.39 is 0 Å². The number of hydrogen-bond acceptors (Lipinski definition) is 3. The molecular weight excluding hydrogens is 306 g/mol. The standard InChI is InChI=1S/C18H21N3OS/c1-5-10-19-17(22)14(4)23-18-20-11-12-21(18)16-8-6-15(7-9-16)13(2)3/h1,6-9,11-14H,10H2,2-4H3,(H,19,22). The van der Waals surface area contributed by atoms with Gasteiger partial charge in [0, 0.05) is 18.1 Å². The van der Waals surface area contributed by atoms with Crippen LogP contribution in [0.5, 0.6) is 0 Å². The van der Waals surface area contributed by atoms with E-state index in [4.69, 9.17) is 6.42 Å². The fourth-order valence-electron chi connectivity index (χ4n) is 2.09. The zero-order chi connectivity index (χ0) is 16.8. The van der Waals surface area contributed by atoms with E-state index in [9.17, 15) is 4.79 Å². The molecule has 0 aliphatic heterocycles. The van der Waals surface area contributed by atoms with Gasteiger partial charge in [0.25, 0.3) is 0 Å². The molecule has 0 saturated heterocycles. The van der Waals surface area contributed by atoms with Crippen LogP contribution >= 0.6 is 11.8 Å². The molecule has 0 radical (unpaired) electrons. The summed E-state index contributed by atoms with van der Waals surface area (Å²) in [4.78, 5) is 16.3. The Morgan fingerprint density at radius 2 is 2.04 bits per heavy atom. The van der Waals surface area contributed by atoms with Crippen LogP contribution in [0.2, 0.25) is 0 Å². The number of terminal acetylenes is 1. The van der Waals surface area contributed by atoms with E-state index in [1.54, 1.807) is 6.20 Å². The number of nitrogens with zero attached hydrogens (tertiary/aromatic N) is 2. The van der Waals surface area contributed by atoms with Gasteiger partial charge in [0.1, 0.15) is 0 Å². The Balaban J connectivity index is 2.13. The lowest BCUT2D eigenvalue weighted by molar-refractivity contribution is -0.120. The molecule has 0 fully saturated rings. The van der Waals surface area contributed by atoms with Crippen molar-refractivity contribution >= 4 is 17.7 Å². The molecule has 23 heavy (non-hydrogen) atoms. The molecule has 4 nitrogen and oxygen atoms in total. The molecule has 2 rings (SSSR count). The third-order valence-corrected chi connectivity index (χ3v) is 4.54. The fourth-order valence-corrected chi connectivity index (χ4v) is 2.99. The third-order valence-electron chi connectivity index (χ3n) is 3.46. The molecule has 0 saturated carbocycles. The van der Waals surface area contributed by atoms with Crippen molar-refractivity contribution in [1.29, 1.82) is 0 Å². The second-order valence-corrected chi connectivity index (χ2v) is 6.82. The van der Waals surface area contributed by atoms with Gasteiger partial charge in [0.2, 0.25) is 5.91 Å². The minimum atomic E-state index is -0.264. The zero-order valence-corrected chi connectivity index (χ0v) is 14.4. The average molecular weight is 327 g/mol. The van der Waals surface area contributed by atoms with Crippen LogP contribution in [-0.4, -0.2) is 27.3 Å². The van der Waals surface area contributed by atoms with E-state index in [-0.39, 0.29) is 17.7 Å². The number of nitrogens with one attached hydrogen (secondary N) is 1. The number of rotatable bonds is 6. The van der Waals surface area contributed by atoms with Gasteiger partial charge in [0.15, 0.2) is 5.16 Å². The van der Waals surface area contributed by atoms with Gasteiger partial charge >= 0.3 is 0 Å². The maximum absolute atomic E-state index is 11.9. The molecule has 120 valence electrons. The van der Waals surface area contributed by atoms with E-state index in [1.807, 2.05) is 17.7 Å². The Bertz CT molecular complexity index is 698. The van der Waals surface area contributed by atoms with E-state index in [2.05, 4.69) is 54.3 Å². The van der Waals surface area contributed by atoms with Crippen molar-refractivity contribution in [2.45, 2.75) is 37.1 Å². The fraction of sp³-hybridized carbons (Fsp3) is 0.333. The minimum Gasteiger partial charge on any atom is -0.344 e. The Hall–Kier alpha value is -2.19. The van der Waals surface area contributed by atoms with Crippen LogP contribution < -0.4 is 5.32 Å². The lowest BCUT2D eigenvalue weighted by Gasteiger charge is -2.13. The Morgan fingerprint density at radius 3 is 2.65 bits per heavy atom. The number of benzene rings is 1. The number of carbonyl (C=O) groups excluding carboxylic acids is 1. The van der Waals surface area contributed by atoms with Crippen LogP contribution in [-0.2, 0) is 4.79 Å². The largest absolute Gasteiger partial charge is 0.344 e. The van der Waals surface area contributed by atoms with Gasteiger partial charge in [-0.25, -0.2) is 4.98 Å². The summed E-state index contributed by atoms with van der Waals surface area (Å²) in [6.07, 6.45) is 8.80. The minimum absolute atomic E-state index is 0.0855. The smallest absolute Gasteiger partial charge is 0.234 e. The van der Waals surface area contributed by atoms with E-state index in [0.29, 0.717) is 5.92 Å². The van der Waals surface area contributed by atoms with Crippen LogP contribution in [0.1, 0.15) is 32.3 Å². The summed E-state index contributed by atoms with van der Waals surface area (Å²) in [5, 5.41) is 3.21. The first-order chi connectivity index (χ1) is 11.0. The highest BCUT2D eigenvalue weighted by Gasteiger charge is 2.17. The number of hydrogen-bond donors (Lipinski definition) is 1. The molecule has 0 aliphatic carbocycles. The van der Waals surface area contributed by atoms with E-state index in [1.165, 1.54) is 17.3 Å². The van der Waals surface area contributed by atoms with Crippen LogP contribution in [0.25, 0.3) is 5.69 Å². The van der Waals surface area contributed by atoms with Crippen molar-refractivity contribution in [2.75, 3.05) is 6.54 Å². The zero-order valence-electron chi connectivity index (χ0n) is 13.6. The molecule has 1 unspecified atom stereocenters. The number of imidazole rings is 1. The van der Waals surface area contributed by atoms with Gasteiger partial charge in [-0.3, -0.25) is 9.36 Å². The monoisotopic (exact) mass is 327 g/mol. The summed E-state index contributed by atoms with van der Waals surface area (Å²) < 4.78 is 1.99. The Kier molecular flexibility index (Phi) is 5.89. The summed E-state index contributed by atoms with van der Waals surface area (Å²) in [5.41, 5.74) is 2.33. The highest BCUT2D eigenvalue weighted by molar-refractivity contribution is 8.00. The molecule has 0 spiro atoms. The van der Waals surface area contributed by atoms with E-state index >= 15 is 0 Å². The number of amides is 1. The molecule has 1 aromatic heterocycles. The van der Waals surface area contributed by atoms with Crippen molar-refractivity contribution in [3.63, 3.8) is 0 Å². The molecule has 1 heterocycles.